The maximum atomic E-state index is 5.47. The van der Waals surface area contributed by atoms with Crippen LogP contribution in [0.4, 0.5) is 0 Å². The Kier molecular flexibility index (Phi) is 9.50. The molecular weight excluding hydrogens is 869 g/mol. The molecule has 0 saturated heterocycles. The van der Waals surface area contributed by atoms with E-state index in [2.05, 4.69) is 269 Å². The van der Waals surface area contributed by atoms with Crippen LogP contribution in [0.2, 0.25) is 0 Å². The fraction of sp³-hybridized carbons (Fsp3) is 0.0571. The molecule has 14 rings (SSSR count). The zero-order chi connectivity index (χ0) is 48.0. The second-order valence-electron chi connectivity index (χ2n) is 20.0. The molecule has 0 saturated carbocycles. The Hall–Kier alpha value is -8.98. The highest BCUT2D eigenvalue weighted by molar-refractivity contribution is 6.06. The molecule has 2 nitrogen and oxygen atoms in total. The summed E-state index contributed by atoms with van der Waals surface area (Å²) in [5, 5.41) is 4.95. The fourth-order valence-corrected chi connectivity index (χ4v) is 12.6. The number of benzene rings is 11. The van der Waals surface area contributed by atoms with Crippen molar-refractivity contribution in [2.24, 2.45) is 0 Å². The number of fused-ring (bicyclic) bond motifs is 9. The molecule has 0 bridgehead atoms. The molecule has 0 N–H and O–H groups in total. The van der Waals surface area contributed by atoms with E-state index in [0.717, 1.165) is 33.5 Å². The van der Waals surface area contributed by atoms with Crippen molar-refractivity contribution in [2.75, 3.05) is 0 Å². The Bertz CT molecular complexity index is 4070. The highest BCUT2D eigenvalue weighted by Crippen LogP contribution is 2.58. The third kappa shape index (κ3) is 6.28. The Balaban J connectivity index is 0.916. The minimum absolute atomic E-state index is 0.0952. The van der Waals surface area contributed by atoms with Gasteiger partial charge in [0.1, 0.15) is 0 Å². The van der Waals surface area contributed by atoms with Gasteiger partial charge in [-0.05, 0) is 118 Å². The van der Waals surface area contributed by atoms with E-state index in [1.807, 2.05) is 0 Å². The van der Waals surface area contributed by atoms with Crippen LogP contribution in [0.3, 0.4) is 0 Å². The van der Waals surface area contributed by atoms with Crippen molar-refractivity contribution in [1.82, 2.24) is 9.97 Å². The van der Waals surface area contributed by atoms with Crippen LogP contribution in [0.1, 0.15) is 47.2 Å². The minimum atomic E-state index is -0.524. The zero-order valence-corrected chi connectivity index (χ0v) is 40.1. The van der Waals surface area contributed by atoms with Gasteiger partial charge in [-0.15, -0.1) is 0 Å². The lowest BCUT2D eigenvalue weighted by molar-refractivity contribution is 0.666. The third-order valence-corrected chi connectivity index (χ3v) is 15.8. The summed E-state index contributed by atoms with van der Waals surface area (Å²) in [5.41, 5.74) is 21.9. The number of hydrogen-bond acceptors (Lipinski definition) is 2. The van der Waals surface area contributed by atoms with Crippen LogP contribution in [-0.2, 0) is 10.8 Å². The summed E-state index contributed by atoms with van der Waals surface area (Å²) in [6, 6.07) is 93.3. The smallest absolute Gasteiger partial charge is 0.160 e. The summed E-state index contributed by atoms with van der Waals surface area (Å²) < 4.78 is 0. The van der Waals surface area contributed by atoms with Crippen LogP contribution < -0.4 is 0 Å². The molecule has 11 aromatic carbocycles. The average molecular weight is 917 g/mol. The molecule has 2 aliphatic rings. The van der Waals surface area contributed by atoms with E-state index < -0.39 is 5.41 Å². The SMILES string of the molecule is CC1(C)c2ccc(-c3cccc(-c4ccc(-c5cc(-c6cccc7c6-c6ccccc6C7(c6ccccc6)c6ccccc6)nc(-c6ccccc6)n5)c5ccccc45)c3)cc2-c2ccc3ccccc3c21. The van der Waals surface area contributed by atoms with E-state index in [1.54, 1.807) is 0 Å². The molecule has 0 unspecified atom stereocenters. The van der Waals surface area contributed by atoms with Crippen molar-refractivity contribution < 1.29 is 0 Å². The van der Waals surface area contributed by atoms with Crippen LogP contribution >= 0.6 is 0 Å². The van der Waals surface area contributed by atoms with Gasteiger partial charge in [0.15, 0.2) is 5.82 Å². The largest absolute Gasteiger partial charge is 0.228 e. The van der Waals surface area contributed by atoms with E-state index >= 15 is 0 Å². The molecule has 72 heavy (non-hydrogen) atoms. The van der Waals surface area contributed by atoms with Gasteiger partial charge in [-0.2, -0.15) is 0 Å². The Labute approximate surface area is 420 Å². The topological polar surface area (TPSA) is 25.8 Å². The molecule has 0 aliphatic heterocycles. The molecule has 2 aliphatic carbocycles. The minimum Gasteiger partial charge on any atom is -0.228 e. The maximum Gasteiger partial charge on any atom is 0.160 e. The number of hydrogen-bond donors (Lipinski definition) is 0. The lowest BCUT2D eigenvalue weighted by atomic mass is 9.67. The van der Waals surface area contributed by atoms with Crippen LogP contribution in [0.15, 0.2) is 255 Å². The highest BCUT2D eigenvalue weighted by atomic mass is 14.9. The van der Waals surface area contributed by atoms with E-state index in [0.29, 0.717) is 5.82 Å². The predicted molar refractivity (Wildman–Crippen MR) is 299 cm³/mol. The van der Waals surface area contributed by atoms with Crippen molar-refractivity contribution >= 4 is 21.5 Å². The van der Waals surface area contributed by atoms with Crippen LogP contribution in [-0.4, -0.2) is 9.97 Å². The lowest BCUT2D eigenvalue weighted by Gasteiger charge is -2.33. The summed E-state index contributed by atoms with van der Waals surface area (Å²) in [5.74, 6) is 0.693. The first-order chi connectivity index (χ1) is 35.5. The van der Waals surface area contributed by atoms with E-state index in [9.17, 15) is 0 Å². The van der Waals surface area contributed by atoms with Gasteiger partial charge in [-0.3, -0.25) is 0 Å². The molecular formula is C70H48N2. The molecule has 2 heteroatoms. The number of nitrogens with zero attached hydrogens (tertiary/aromatic N) is 2. The normalized spacial score (nSPS) is 13.6. The first-order valence-corrected chi connectivity index (χ1v) is 25.1. The van der Waals surface area contributed by atoms with Gasteiger partial charge in [-0.1, -0.05) is 250 Å². The Morgan fingerprint density at radius 3 is 1.61 bits per heavy atom. The van der Waals surface area contributed by atoms with Gasteiger partial charge in [0.25, 0.3) is 0 Å². The van der Waals surface area contributed by atoms with Gasteiger partial charge in [-0.25, -0.2) is 9.97 Å². The summed E-state index contributed by atoms with van der Waals surface area (Å²) >= 11 is 0. The number of aromatic nitrogens is 2. The molecule has 0 fully saturated rings. The van der Waals surface area contributed by atoms with Crippen molar-refractivity contribution in [3.63, 3.8) is 0 Å². The van der Waals surface area contributed by atoms with Crippen molar-refractivity contribution in [2.45, 2.75) is 24.7 Å². The summed E-state index contributed by atoms with van der Waals surface area (Å²) in [6.07, 6.45) is 0. The van der Waals surface area contributed by atoms with Crippen LogP contribution in [0.25, 0.3) is 100.0 Å². The van der Waals surface area contributed by atoms with Gasteiger partial charge in [0.2, 0.25) is 0 Å². The van der Waals surface area contributed by atoms with E-state index in [1.165, 1.54) is 94.0 Å². The molecule has 12 aromatic rings. The Morgan fingerprint density at radius 2 is 0.847 bits per heavy atom. The van der Waals surface area contributed by atoms with Crippen LogP contribution in [0.5, 0.6) is 0 Å². The maximum absolute atomic E-state index is 5.47. The first-order valence-electron chi connectivity index (χ1n) is 25.1. The van der Waals surface area contributed by atoms with E-state index in [-0.39, 0.29) is 5.41 Å². The molecule has 0 spiro atoms. The average Bonchev–Trinajstić information content (AvgIpc) is 3.89. The molecule has 0 amide bonds. The second kappa shape index (κ2) is 16.3. The molecule has 0 atom stereocenters. The van der Waals surface area contributed by atoms with Gasteiger partial charge in [0, 0.05) is 22.1 Å². The third-order valence-electron chi connectivity index (χ3n) is 15.8. The molecule has 338 valence electrons. The predicted octanol–water partition coefficient (Wildman–Crippen LogP) is 17.8. The highest BCUT2D eigenvalue weighted by Gasteiger charge is 2.47. The summed E-state index contributed by atoms with van der Waals surface area (Å²) in [7, 11) is 0. The second-order valence-corrected chi connectivity index (χ2v) is 20.0. The van der Waals surface area contributed by atoms with Crippen LogP contribution in [0, 0.1) is 0 Å². The monoisotopic (exact) mass is 916 g/mol. The quantitative estimate of drug-likeness (QED) is 0.159. The van der Waals surface area contributed by atoms with Gasteiger partial charge in [0.05, 0.1) is 16.8 Å². The lowest BCUT2D eigenvalue weighted by Crippen LogP contribution is -2.28. The van der Waals surface area contributed by atoms with E-state index in [4.69, 9.17) is 9.97 Å². The molecule has 0 radical (unpaired) electrons. The molecule has 1 heterocycles. The number of rotatable bonds is 7. The first kappa shape index (κ1) is 41.9. The summed E-state index contributed by atoms with van der Waals surface area (Å²) in [4.78, 5) is 10.9. The molecule has 1 aromatic heterocycles. The van der Waals surface area contributed by atoms with Gasteiger partial charge >= 0.3 is 0 Å². The van der Waals surface area contributed by atoms with Gasteiger partial charge < -0.3 is 0 Å². The van der Waals surface area contributed by atoms with Crippen molar-refractivity contribution in [1.29, 1.82) is 0 Å². The zero-order valence-electron chi connectivity index (χ0n) is 40.1. The van der Waals surface area contributed by atoms with Crippen molar-refractivity contribution in [3.05, 3.63) is 288 Å². The van der Waals surface area contributed by atoms with Crippen molar-refractivity contribution in [3.8, 4) is 78.4 Å². The Morgan fingerprint density at radius 1 is 0.306 bits per heavy atom. The fourth-order valence-electron chi connectivity index (χ4n) is 12.6. The summed E-state index contributed by atoms with van der Waals surface area (Å²) in [6.45, 7) is 4.75. The standard InChI is InChI=1S/C70H48N2/c1-69(2)61-41-37-48(43-60(61)57-38-36-45-20-12-13-29-53(45)67(57)69)47-23-18-24-49(42-47)52-39-40-56(55-31-15-14-30-54(52)55)64-44-65(72-68(71-64)46-21-6-3-7-22-46)59-33-19-35-63-66(59)58-32-16-17-34-62(58)70(63,50-25-8-4-9-26-50)51-27-10-5-11-28-51/h3-44H,1-2H3.